The number of ketones is 1. The third-order valence-electron chi connectivity index (χ3n) is 3.59. The van der Waals surface area contributed by atoms with Crippen LogP contribution in [0.25, 0.3) is 6.08 Å². The summed E-state index contributed by atoms with van der Waals surface area (Å²) < 4.78 is 0. The number of allylic oxidation sites excluding steroid dienone is 3. The van der Waals surface area contributed by atoms with Gasteiger partial charge in [-0.2, -0.15) is 0 Å². The zero-order valence-corrected chi connectivity index (χ0v) is 12.1. The minimum atomic E-state index is 0.213. The molecule has 2 nitrogen and oxygen atoms in total. The number of piperidine rings is 1. The van der Waals surface area contributed by atoms with Crippen LogP contribution in [0.5, 0.6) is 0 Å². The maximum absolute atomic E-state index is 11.9. The molecule has 2 rings (SSSR count). The molecule has 1 saturated heterocycles. The Hall–Kier alpha value is -1.67. The fourth-order valence-corrected chi connectivity index (χ4v) is 2.49. The lowest BCUT2D eigenvalue weighted by Crippen LogP contribution is -2.35. The van der Waals surface area contributed by atoms with Crippen LogP contribution in [0.4, 0.5) is 0 Å². The SMILES string of the molecule is CC(/C=C/C(=O)CC1CCCCN1)=C\c1ccccc1. The largest absolute Gasteiger partial charge is 0.314 e. The minimum Gasteiger partial charge on any atom is -0.314 e. The molecule has 1 aromatic carbocycles. The number of rotatable bonds is 5. The maximum Gasteiger partial charge on any atom is 0.157 e. The maximum atomic E-state index is 11.9. The van der Waals surface area contributed by atoms with Crippen molar-refractivity contribution in [2.45, 2.75) is 38.6 Å². The van der Waals surface area contributed by atoms with Gasteiger partial charge in [-0.3, -0.25) is 4.79 Å². The van der Waals surface area contributed by atoms with Crippen molar-refractivity contribution in [2.75, 3.05) is 6.54 Å². The molecule has 106 valence electrons. The zero-order chi connectivity index (χ0) is 14.2. The molecule has 20 heavy (non-hydrogen) atoms. The van der Waals surface area contributed by atoms with E-state index in [9.17, 15) is 4.79 Å². The van der Waals surface area contributed by atoms with Crippen molar-refractivity contribution < 1.29 is 4.79 Å². The van der Waals surface area contributed by atoms with Gasteiger partial charge in [0.2, 0.25) is 0 Å². The summed E-state index contributed by atoms with van der Waals surface area (Å²) in [7, 11) is 0. The fraction of sp³-hybridized carbons (Fsp3) is 0.389. The molecule has 1 aromatic rings. The second-order valence-electron chi connectivity index (χ2n) is 5.45. The Morgan fingerprint density at radius 3 is 2.75 bits per heavy atom. The van der Waals surface area contributed by atoms with E-state index in [0.717, 1.165) is 24.1 Å². The van der Waals surface area contributed by atoms with Crippen LogP contribution in [-0.4, -0.2) is 18.4 Å². The Balaban J connectivity index is 1.85. The van der Waals surface area contributed by atoms with Crippen LogP contribution in [0, 0.1) is 0 Å². The first kappa shape index (κ1) is 14.7. The summed E-state index contributed by atoms with van der Waals surface area (Å²) in [6.45, 7) is 3.07. The molecule has 0 amide bonds. The van der Waals surface area contributed by atoms with Gasteiger partial charge < -0.3 is 5.32 Å². The zero-order valence-electron chi connectivity index (χ0n) is 12.1. The Morgan fingerprint density at radius 1 is 1.25 bits per heavy atom. The van der Waals surface area contributed by atoms with Gasteiger partial charge in [-0.25, -0.2) is 0 Å². The third-order valence-corrected chi connectivity index (χ3v) is 3.59. The Bertz CT molecular complexity index is 481. The van der Waals surface area contributed by atoms with Crippen LogP contribution in [0.15, 0.2) is 48.1 Å². The van der Waals surface area contributed by atoms with E-state index in [2.05, 4.69) is 23.5 Å². The van der Waals surface area contributed by atoms with Gasteiger partial charge in [0.25, 0.3) is 0 Å². The van der Waals surface area contributed by atoms with Gasteiger partial charge >= 0.3 is 0 Å². The molecule has 0 spiro atoms. The average molecular weight is 269 g/mol. The predicted molar refractivity (Wildman–Crippen MR) is 84.5 cm³/mol. The van der Waals surface area contributed by atoms with E-state index in [4.69, 9.17) is 0 Å². The molecule has 0 aromatic heterocycles. The quantitative estimate of drug-likeness (QED) is 0.651. The smallest absolute Gasteiger partial charge is 0.157 e. The van der Waals surface area contributed by atoms with Crippen LogP contribution in [-0.2, 0) is 4.79 Å². The molecule has 0 aliphatic carbocycles. The first-order chi connectivity index (χ1) is 9.74. The number of carbonyl (C=O) groups is 1. The first-order valence-corrected chi connectivity index (χ1v) is 7.42. The van der Waals surface area contributed by atoms with Gasteiger partial charge in [-0.1, -0.05) is 54.5 Å². The van der Waals surface area contributed by atoms with Crippen LogP contribution in [0.3, 0.4) is 0 Å². The van der Waals surface area contributed by atoms with Crippen molar-refractivity contribution in [1.29, 1.82) is 0 Å². The number of nitrogens with one attached hydrogen (secondary N) is 1. The van der Waals surface area contributed by atoms with Crippen molar-refractivity contribution in [3.05, 3.63) is 53.6 Å². The highest BCUT2D eigenvalue weighted by Gasteiger charge is 2.14. The lowest BCUT2D eigenvalue weighted by Gasteiger charge is -2.22. The summed E-state index contributed by atoms with van der Waals surface area (Å²) in [4.78, 5) is 11.9. The topological polar surface area (TPSA) is 29.1 Å². The van der Waals surface area contributed by atoms with Gasteiger partial charge in [-0.05, 0) is 37.9 Å². The Kier molecular flexibility index (Phi) is 5.75. The van der Waals surface area contributed by atoms with E-state index in [-0.39, 0.29) is 5.78 Å². The van der Waals surface area contributed by atoms with E-state index >= 15 is 0 Å². The minimum absolute atomic E-state index is 0.213. The van der Waals surface area contributed by atoms with E-state index in [1.165, 1.54) is 12.8 Å². The summed E-state index contributed by atoms with van der Waals surface area (Å²) in [6.07, 6.45) is 9.93. The predicted octanol–water partition coefficient (Wildman–Crippen LogP) is 3.75. The Morgan fingerprint density at radius 2 is 2.05 bits per heavy atom. The highest BCUT2D eigenvalue weighted by atomic mass is 16.1. The molecule has 1 aliphatic heterocycles. The van der Waals surface area contributed by atoms with Crippen LogP contribution in [0.1, 0.15) is 38.2 Å². The molecule has 1 fully saturated rings. The number of benzene rings is 1. The van der Waals surface area contributed by atoms with Crippen molar-refractivity contribution in [1.82, 2.24) is 5.32 Å². The molecular weight excluding hydrogens is 246 g/mol. The second-order valence-corrected chi connectivity index (χ2v) is 5.45. The molecule has 1 atom stereocenters. The van der Waals surface area contributed by atoms with E-state index in [1.54, 1.807) is 6.08 Å². The van der Waals surface area contributed by atoms with Gasteiger partial charge in [0.1, 0.15) is 0 Å². The highest BCUT2D eigenvalue weighted by molar-refractivity contribution is 5.90. The molecule has 1 aliphatic rings. The van der Waals surface area contributed by atoms with E-state index in [0.29, 0.717) is 12.5 Å². The third kappa shape index (κ3) is 5.14. The number of carbonyl (C=O) groups excluding carboxylic acids is 1. The fourth-order valence-electron chi connectivity index (χ4n) is 2.49. The average Bonchev–Trinajstić information content (AvgIpc) is 2.47. The monoisotopic (exact) mass is 269 g/mol. The summed E-state index contributed by atoms with van der Waals surface area (Å²) in [6, 6.07) is 10.5. The summed E-state index contributed by atoms with van der Waals surface area (Å²) in [5.41, 5.74) is 2.26. The van der Waals surface area contributed by atoms with Gasteiger partial charge in [0.15, 0.2) is 5.78 Å². The molecule has 1 N–H and O–H groups in total. The molecule has 1 heterocycles. The van der Waals surface area contributed by atoms with Crippen molar-refractivity contribution in [2.24, 2.45) is 0 Å². The van der Waals surface area contributed by atoms with Gasteiger partial charge in [0, 0.05) is 12.5 Å². The first-order valence-electron chi connectivity index (χ1n) is 7.42. The second kappa shape index (κ2) is 7.81. The van der Waals surface area contributed by atoms with Crippen molar-refractivity contribution in [3.63, 3.8) is 0 Å². The molecule has 1 unspecified atom stereocenters. The van der Waals surface area contributed by atoms with Gasteiger partial charge in [-0.15, -0.1) is 0 Å². The summed E-state index contributed by atoms with van der Waals surface area (Å²) in [5, 5.41) is 3.41. The Labute approximate surface area is 121 Å². The van der Waals surface area contributed by atoms with Crippen LogP contribution in [0.2, 0.25) is 0 Å². The molecule has 0 radical (unpaired) electrons. The standard InChI is InChI=1S/C18H23NO/c1-15(13-16-7-3-2-4-8-16)10-11-18(20)14-17-9-5-6-12-19-17/h2-4,7-8,10-11,13,17,19H,5-6,9,12,14H2,1H3/b11-10+,15-13+. The molecule has 0 saturated carbocycles. The normalized spacial score (nSPS) is 20.2. The summed E-state index contributed by atoms with van der Waals surface area (Å²) in [5.74, 6) is 0.213. The van der Waals surface area contributed by atoms with Crippen LogP contribution >= 0.6 is 0 Å². The lowest BCUT2D eigenvalue weighted by molar-refractivity contribution is -0.115. The summed E-state index contributed by atoms with van der Waals surface area (Å²) >= 11 is 0. The number of hydrogen-bond donors (Lipinski definition) is 1. The van der Waals surface area contributed by atoms with Gasteiger partial charge in [0.05, 0.1) is 0 Å². The molecular formula is C18H23NO. The molecule has 2 heteroatoms. The molecule has 0 bridgehead atoms. The van der Waals surface area contributed by atoms with E-state index < -0.39 is 0 Å². The van der Waals surface area contributed by atoms with Crippen LogP contribution < -0.4 is 5.32 Å². The lowest BCUT2D eigenvalue weighted by atomic mass is 9.99. The van der Waals surface area contributed by atoms with E-state index in [1.807, 2.05) is 31.2 Å². The number of hydrogen-bond acceptors (Lipinski definition) is 2. The van der Waals surface area contributed by atoms with Crippen molar-refractivity contribution >= 4 is 11.9 Å². The van der Waals surface area contributed by atoms with Crippen molar-refractivity contribution in [3.8, 4) is 0 Å². The highest BCUT2D eigenvalue weighted by Crippen LogP contribution is 2.11.